The summed E-state index contributed by atoms with van der Waals surface area (Å²) in [5.74, 6) is 0.224. The second kappa shape index (κ2) is 9.50. The van der Waals surface area contributed by atoms with Crippen LogP contribution in [-0.4, -0.2) is 19.9 Å². The predicted molar refractivity (Wildman–Crippen MR) is 99.9 cm³/mol. The van der Waals surface area contributed by atoms with Gasteiger partial charge in [0.15, 0.2) is 5.75 Å². The molecular formula is C19H24N4O3. The Bertz CT molecular complexity index is 805. The Kier molecular flexibility index (Phi) is 7.08. The van der Waals surface area contributed by atoms with Gasteiger partial charge in [-0.1, -0.05) is 40.6 Å². The minimum Gasteiger partial charge on any atom is -0.480 e. The van der Waals surface area contributed by atoms with E-state index in [2.05, 4.69) is 43.2 Å². The lowest BCUT2D eigenvalue weighted by Crippen LogP contribution is -1.99. The highest BCUT2D eigenvalue weighted by Crippen LogP contribution is 2.26. The number of allylic oxidation sites excluding steroid dienone is 4. The van der Waals surface area contributed by atoms with Crippen molar-refractivity contribution < 1.29 is 9.66 Å². The molecule has 0 fully saturated rings. The van der Waals surface area contributed by atoms with E-state index in [1.807, 2.05) is 0 Å². The Balaban J connectivity index is 1.88. The van der Waals surface area contributed by atoms with E-state index in [0.29, 0.717) is 12.2 Å². The molecule has 0 aliphatic rings. The summed E-state index contributed by atoms with van der Waals surface area (Å²) in [4.78, 5) is 10.5. The summed E-state index contributed by atoms with van der Waals surface area (Å²) < 4.78 is 7.24. The zero-order chi connectivity index (χ0) is 18.9. The Labute approximate surface area is 153 Å². The fourth-order valence-electron chi connectivity index (χ4n) is 2.32. The molecular weight excluding hydrogens is 332 g/mol. The Morgan fingerprint density at radius 1 is 1.27 bits per heavy atom. The van der Waals surface area contributed by atoms with Crippen LogP contribution >= 0.6 is 0 Å². The van der Waals surface area contributed by atoms with E-state index in [0.717, 1.165) is 12.8 Å². The molecule has 1 heterocycles. The fraction of sp³-hybridized carbons (Fsp3) is 0.368. The second-order valence-electron chi connectivity index (χ2n) is 6.32. The van der Waals surface area contributed by atoms with Gasteiger partial charge in [0.1, 0.15) is 12.3 Å². The molecule has 138 valence electrons. The van der Waals surface area contributed by atoms with Crippen molar-refractivity contribution >= 4 is 5.69 Å². The van der Waals surface area contributed by atoms with Crippen molar-refractivity contribution in [2.24, 2.45) is 0 Å². The number of nitro groups is 1. The van der Waals surface area contributed by atoms with E-state index in [9.17, 15) is 10.1 Å². The molecule has 0 aliphatic heterocycles. The van der Waals surface area contributed by atoms with Crippen molar-refractivity contribution in [1.82, 2.24) is 15.0 Å². The number of hydrogen-bond donors (Lipinski definition) is 0. The molecule has 2 aromatic rings. The molecule has 2 rings (SSSR count). The number of benzene rings is 1. The molecule has 0 saturated heterocycles. The third-order valence-electron chi connectivity index (χ3n) is 3.74. The van der Waals surface area contributed by atoms with Gasteiger partial charge in [-0.25, -0.2) is 4.68 Å². The zero-order valence-electron chi connectivity index (χ0n) is 15.4. The Hall–Kier alpha value is -2.96. The molecule has 7 nitrogen and oxygen atoms in total. The number of hydrogen-bond acceptors (Lipinski definition) is 5. The minimum absolute atomic E-state index is 0.0604. The third kappa shape index (κ3) is 6.16. The first-order valence-corrected chi connectivity index (χ1v) is 8.50. The summed E-state index contributed by atoms with van der Waals surface area (Å²) >= 11 is 0. The van der Waals surface area contributed by atoms with Crippen molar-refractivity contribution in [2.45, 2.75) is 46.8 Å². The molecule has 1 aromatic carbocycles. The SMILES string of the molecule is CC(C)=CCCC(C)=CCn1cc(COc2ccccc2[N+](=O)[O-])nn1. The van der Waals surface area contributed by atoms with Crippen LogP contribution in [0.1, 0.15) is 39.3 Å². The van der Waals surface area contributed by atoms with E-state index >= 15 is 0 Å². The average molecular weight is 356 g/mol. The molecule has 0 N–H and O–H groups in total. The van der Waals surface area contributed by atoms with Gasteiger partial charge in [0, 0.05) is 6.07 Å². The van der Waals surface area contributed by atoms with E-state index in [1.165, 1.54) is 17.2 Å². The minimum atomic E-state index is -0.463. The lowest BCUT2D eigenvalue weighted by molar-refractivity contribution is -0.385. The van der Waals surface area contributed by atoms with Crippen LogP contribution < -0.4 is 4.74 Å². The van der Waals surface area contributed by atoms with Gasteiger partial charge < -0.3 is 4.74 Å². The molecule has 26 heavy (non-hydrogen) atoms. The summed E-state index contributed by atoms with van der Waals surface area (Å²) in [5.41, 5.74) is 3.20. The maximum absolute atomic E-state index is 11.0. The lowest BCUT2D eigenvalue weighted by atomic mass is 10.1. The third-order valence-corrected chi connectivity index (χ3v) is 3.74. The van der Waals surface area contributed by atoms with Crippen LogP contribution in [0, 0.1) is 10.1 Å². The lowest BCUT2D eigenvalue weighted by Gasteiger charge is -2.04. The standard InChI is InChI=1S/C19H24N4O3/c1-15(2)7-6-8-16(3)11-12-22-13-17(20-21-22)14-26-19-10-5-4-9-18(19)23(24)25/h4-5,7,9-11,13H,6,8,12,14H2,1-3H3. The maximum Gasteiger partial charge on any atom is 0.310 e. The van der Waals surface area contributed by atoms with Crippen LogP contribution in [0.2, 0.25) is 0 Å². The smallest absolute Gasteiger partial charge is 0.310 e. The topological polar surface area (TPSA) is 83.1 Å². The summed E-state index contributed by atoms with van der Waals surface area (Å²) in [7, 11) is 0. The summed E-state index contributed by atoms with van der Waals surface area (Å²) in [6.07, 6.45) is 8.20. The van der Waals surface area contributed by atoms with Crippen molar-refractivity contribution in [3.8, 4) is 5.75 Å². The number of aromatic nitrogens is 3. The molecule has 0 aliphatic carbocycles. The maximum atomic E-state index is 11.0. The molecule has 0 unspecified atom stereocenters. The highest BCUT2D eigenvalue weighted by Gasteiger charge is 2.14. The van der Waals surface area contributed by atoms with Crippen LogP contribution in [0.5, 0.6) is 5.75 Å². The first-order chi connectivity index (χ1) is 12.5. The van der Waals surface area contributed by atoms with E-state index in [4.69, 9.17) is 4.74 Å². The van der Waals surface area contributed by atoms with Gasteiger partial charge in [-0.15, -0.1) is 5.10 Å². The average Bonchev–Trinajstić information content (AvgIpc) is 3.06. The first kappa shape index (κ1) is 19.4. The number of nitrogens with zero attached hydrogens (tertiary/aromatic N) is 4. The largest absolute Gasteiger partial charge is 0.480 e. The highest BCUT2D eigenvalue weighted by molar-refractivity contribution is 5.45. The van der Waals surface area contributed by atoms with Crippen LogP contribution in [0.15, 0.2) is 53.8 Å². The normalized spacial score (nSPS) is 11.3. The van der Waals surface area contributed by atoms with Gasteiger partial charge in [-0.05, 0) is 39.7 Å². The van der Waals surface area contributed by atoms with Crippen molar-refractivity contribution in [3.63, 3.8) is 0 Å². The van der Waals surface area contributed by atoms with Crippen LogP contribution in [0.25, 0.3) is 0 Å². The first-order valence-electron chi connectivity index (χ1n) is 8.50. The molecule has 0 spiro atoms. The van der Waals surface area contributed by atoms with Gasteiger partial charge in [0.2, 0.25) is 0 Å². The Morgan fingerprint density at radius 2 is 2.04 bits per heavy atom. The van der Waals surface area contributed by atoms with Crippen LogP contribution in [0.3, 0.4) is 0 Å². The molecule has 1 aromatic heterocycles. The van der Waals surface area contributed by atoms with Gasteiger partial charge in [0.05, 0.1) is 17.7 Å². The molecule has 0 atom stereocenters. The van der Waals surface area contributed by atoms with Gasteiger partial charge in [-0.3, -0.25) is 10.1 Å². The molecule has 0 saturated carbocycles. The number of nitro benzene ring substituents is 1. The summed E-state index contributed by atoms with van der Waals surface area (Å²) in [6.45, 7) is 7.08. The predicted octanol–water partition coefficient (Wildman–Crippen LogP) is 4.46. The second-order valence-corrected chi connectivity index (χ2v) is 6.32. The monoisotopic (exact) mass is 356 g/mol. The van der Waals surface area contributed by atoms with E-state index in [-0.39, 0.29) is 18.0 Å². The number of ether oxygens (including phenoxy) is 1. The molecule has 0 bridgehead atoms. The Morgan fingerprint density at radius 3 is 2.77 bits per heavy atom. The molecule has 7 heteroatoms. The zero-order valence-corrected chi connectivity index (χ0v) is 15.4. The van der Waals surface area contributed by atoms with Gasteiger partial charge in [-0.2, -0.15) is 0 Å². The van der Waals surface area contributed by atoms with Crippen molar-refractivity contribution in [1.29, 1.82) is 0 Å². The molecule has 0 radical (unpaired) electrons. The quantitative estimate of drug-likeness (QED) is 0.376. The fourth-order valence-corrected chi connectivity index (χ4v) is 2.32. The van der Waals surface area contributed by atoms with Crippen molar-refractivity contribution in [2.75, 3.05) is 0 Å². The van der Waals surface area contributed by atoms with Gasteiger partial charge in [0.25, 0.3) is 0 Å². The highest BCUT2D eigenvalue weighted by atomic mass is 16.6. The van der Waals surface area contributed by atoms with E-state index < -0.39 is 4.92 Å². The van der Waals surface area contributed by atoms with Crippen molar-refractivity contribution in [3.05, 3.63) is 69.6 Å². The number of para-hydroxylation sites is 2. The van der Waals surface area contributed by atoms with Gasteiger partial charge >= 0.3 is 5.69 Å². The van der Waals surface area contributed by atoms with E-state index in [1.54, 1.807) is 29.1 Å². The summed E-state index contributed by atoms with van der Waals surface area (Å²) in [6, 6.07) is 6.28. The summed E-state index contributed by atoms with van der Waals surface area (Å²) in [5, 5.41) is 19.1. The number of rotatable bonds is 9. The van der Waals surface area contributed by atoms with Crippen LogP contribution in [0.4, 0.5) is 5.69 Å². The van der Waals surface area contributed by atoms with Crippen LogP contribution in [-0.2, 0) is 13.2 Å². The molecule has 0 amide bonds.